The fraction of sp³-hybridized carbons (Fsp3) is 0.294. The van der Waals surface area contributed by atoms with E-state index in [2.05, 4.69) is 15.3 Å². The van der Waals surface area contributed by atoms with Gasteiger partial charge < -0.3 is 11.1 Å². The van der Waals surface area contributed by atoms with Crippen molar-refractivity contribution in [3.63, 3.8) is 0 Å². The highest BCUT2D eigenvalue weighted by molar-refractivity contribution is 5.97. The van der Waals surface area contributed by atoms with Crippen LogP contribution in [-0.2, 0) is 0 Å². The number of ketones is 1. The number of nitrogen functional groups attached to an aromatic ring is 1. The number of benzene rings is 1. The number of carbonyl (C=O) groups excluding carboxylic acids is 2. The van der Waals surface area contributed by atoms with Crippen molar-refractivity contribution in [1.82, 2.24) is 15.3 Å². The van der Waals surface area contributed by atoms with Crippen molar-refractivity contribution in [2.45, 2.75) is 33.2 Å². The first-order valence-electron chi connectivity index (χ1n) is 7.47. The average molecular weight is 312 g/mol. The molecule has 1 amide bonds. The molecular formula is C17H20N4O2. The van der Waals surface area contributed by atoms with E-state index in [4.69, 9.17) is 5.73 Å². The van der Waals surface area contributed by atoms with Gasteiger partial charge in [-0.15, -0.1) is 0 Å². The van der Waals surface area contributed by atoms with Crippen LogP contribution in [0.15, 0.2) is 30.5 Å². The molecular weight excluding hydrogens is 292 g/mol. The standard InChI is InChI=1S/C17H20N4O2/c1-4-10(2)20-17(23)15-16(18)19-9-14(21-15)13-7-5-6-12(8-13)11(3)22/h5-10H,4H2,1-3H3,(H2,18,19)(H,20,23). The topological polar surface area (TPSA) is 98.0 Å². The van der Waals surface area contributed by atoms with Gasteiger partial charge in [-0.2, -0.15) is 0 Å². The van der Waals surface area contributed by atoms with Crippen molar-refractivity contribution < 1.29 is 9.59 Å². The predicted octanol–water partition coefficient (Wildman–Crippen LogP) is 2.46. The van der Waals surface area contributed by atoms with Crippen LogP contribution in [0.25, 0.3) is 11.3 Å². The number of hydrogen-bond donors (Lipinski definition) is 2. The summed E-state index contributed by atoms with van der Waals surface area (Å²) in [6.45, 7) is 5.38. The molecule has 1 aromatic carbocycles. The van der Waals surface area contributed by atoms with Crippen LogP contribution in [0.4, 0.5) is 5.82 Å². The molecule has 1 unspecified atom stereocenters. The van der Waals surface area contributed by atoms with Gasteiger partial charge in [0.15, 0.2) is 17.3 Å². The van der Waals surface area contributed by atoms with Crippen molar-refractivity contribution in [3.8, 4) is 11.3 Å². The van der Waals surface area contributed by atoms with Gasteiger partial charge in [-0.05, 0) is 26.3 Å². The van der Waals surface area contributed by atoms with Gasteiger partial charge in [-0.1, -0.05) is 25.1 Å². The number of Topliss-reactive ketones (excluding diaryl/α,β-unsaturated/α-hetero) is 1. The summed E-state index contributed by atoms with van der Waals surface area (Å²) in [5, 5.41) is 2.82. The van der Waals surface area contributed by atoms with E-state index in [0.29, 0.717) is 16.8 Å². The predicted molar refractivity (Wildman–Crippen MR) is 89.1 cm³/mol. The lowest BCUT2D eigenvalue weighted by atomic mass is 10.1. The number of aromatic nitrogens is 2. The van der Waals surface area contributed by atoms with Crippen molar-refractivity contribution in [3.05, 3.63) is 41.7 Å². The molecule has 6 nitrogen and oxygen atoms in total. The monoisotopic (exact) mass is 312 g/mol. The lowest BCUT2D eigenvalue weighted by Crippen LogP contribution is -2.33. The quantitative estimate of drug-likeness (QED) is 0.826. The Labute approximate surface area is 135 Å². The van der Waals surface area contributed by atoms with Crippen LogP contribution in [0.3, 0.4) is 0 Å². The van der Waals surface area contributed by atoms with E-state index in [-0.39, 0.29) is 29.2 Å². The van der Waals surface area contributed by atoms with E-state index in [0.717, 1.165) is 6.42 Å². The fourth-order valence-corrected chi connectivity index (χ4v) is 2.00. The fourth-order valence-electron chi connectivity index (χ4n) is 2.00. The molecule has 23 heavy (non-hydrogen) atoms. The van der Waals surface area contributed by atoms with Crippen molar-refractivity contribution >= 4 is 17.5 Å². The normalized spacial score (nSPS) is 11.8. The van der Waals surface area contributed by atoms with E-state index in [1.54, 1.807) is 18.2 Å². The second-order valence-electron chi connectivity index (χ2n) is 5.41. The van der Waals surface area contributed by atoms with Crippen LogP contribution in [0.5, 0.6) is 0 Å². The molecule has 2 rings (SSSR count). The summed E-state index contributed by atoms with van der Waals surface area (Å²) in [6.07, 6.45) is 2.30. The van der Waals surface area contributed by atoms with Gasteiger partial charge in [0, 0.05) is 17.2 Å². The number of amides is 1. The number of nitrogens with two attached hydrogens (primary N) is 1. The van der Waals surface area contributed by atoms with Gasteiger partial charge in [-0.25, -0.2) is 9.97 Å². The van der Waals surface area contributed by atoms with Gasteiger partial charge in [-0.3, -0.25) is 9.59 Å². The number of hydrogen-bond acceptors (Lipinski definition) is 5. The van der Waals surface area contributed by atoms with Gasteiger partial charge in [0.25, 0.3) is 5.91 Å². The third-order valence-electron chi connectivity index (χ3n) is 3.57. The van der Waals surface area contributed by atoms with E-state index in [1.165, 1.54) is 13.1 Å². The first-order chi connectivity index (χ1) is 10.9. The minimum atomic E-state index is -0.353. The second kappa shape index (κ2) is 7.00. The molecule has 0 saturated heterocycles. The van der Waals surface area contributed by atoms with Crippen molar-refractivity contribution in [1.29, 1.82) is 0 Å². The Kier molecular flexibility index (Phi) is 5.05. The first kappa shape index (κ1) is 16.6. The smallest absolute Gasteiger partial charge is 0.273 e. The lowest BCUT2D eigenvalue weighted by molar-refractivity contribution is 0.0934. The van der Waals surface area contributed by atoms with E-state index in [1.807, 2.05) is 19.9 Å². The molecule has 2 aromatic rings. The Morgan fingerprint density at radius 3 is 2.74 bits per heavy atom. The Hall–Kier alpha value is -2.76. The zero-order chi connectivity index (χ0) is 17.0. The second-order valence-corrected chi connectivity index (χ2v) is 5.41. The maximum Gasteiger partial charge on any atom is 0.273 e. The zero-order valence-electron chi connectivity index (χ0n) is 13.5. The van der Waals surface area contributed by atoms with E-state index in [9.17, 15) is 9.59 Å². The third kappa shape index (κ3) is 3.91. The number of rotatable bonds is 5. The molecule has 0 aliphatic rings. The highest BCUT2D eigenvalue weighted by atomic mass is 16.2. The summed E-state index contributed by atoms with van der Waals surface area (Å²) in [5.41, 5.74) is 7.65. The molecule has 120 valence electrons. The molecule has 0 spiro atoms. The molecule has 1 heterocycles. The minimum absolute atomic E-state index is 0.0217. The van der Waals surface area contributed by atoms with Crippen LogP contribution in [-0.4, -0.2) is 27.7 Å². The molecule has 1 atom stereocenters. The summed E-state index contributed by atoms with van der Waals surface area (Å²) in [4.78, 5) is 32.1. The Morgan fingerprint density at radius 2 is 2.09 bits per heavy atom. The van der Waals surface area contributed by atoms with Crippen LogP contribution in [0.1, 0.15) is 48.0 Å². The van der Waals surface area contributed by atoms with Crippen LogP contribution < -0.4 is 11.1 Å². The van der Waals surface area contributed by atoms with Crippen molar-refractivity contribution in [2.75, 3.05) is 5.73 Å². The highest BCUT2D eigenvalue weighted by Gasteiger charge is 2.16. The van der Waals surface area contributed by atoms with Gasteiger partial charge >= 0.3 is 0 Å². The molecule has 0 bridgehead atoms. The Balaban J connectivity index is 2.39. The van der Waals surface area contributed by atoms with E-state index >= 15 is 0 Å². The molecule has 1 aromatic heterocycles. The summed E-state index contributed by atoms with van der Waals surface area (Å²) < 4.78 is 0. The van der Waals surface area contributed by atoms with E-state index < -0.39 is 0 Å². The molecule has 0 aliphatic carbocycles. The Bertz CT molecular complexity index is 743. The van der Waals surface area contributed by atoms with Gasteiger partial charge in [0.2, 0.25) is 0 Å². The largest absolute Gasteiger partial charge is 0.382 e. The number of anilines is 1. The highest BCUT2D eigenvalue weighted by Crippen LogP contribution is 2.20. The minimum Gasteiger partial charge on any atom is -0.382 e. The SMILES string of the molecule is CCC(C)NC(=O)c1nc(-c2cccc(C(C)=O)c2)cnc1N. The molecule has 0 aliphatic heterocycles. The maximum atomic E-state index is 12.2. The maximum absolute atomic E-state index is 12.2. The average Bonchev–Trinajstić information content (AvgIpc) is 2.55. The summed E-state index contributed by atoms with van der Waals surface area (Å²) in [5.74, 6) is -0.309. The summed E-state index contributed by atoms with van der Waals surface area (Å²) >= 11 is 0. The lowest BCUT2D eigenvalue weighted by Gasteiger charge is -2.12. The molecule has 6 heteroatoms. The summed E-state index contributed by atoms with van der Waals surface area (Å²) in [6, 6.07) is 7.05. The third-order valence-corrected chi connectivity index (χ3v) is 3.57. The molecule has 0 fully saturated rings. The van der Waals surface area contributed by atoms with Gasteiger partial charge in [0.05, 0.1) is 11.9 Å². The van der Waals surface area contributed by atoms with Crippen LogP contribution >= 0.6 is 0 Å². The first-order valence-corrected chi connectivity index (χ1v) is 7.47. The van der Waals surface area contributed by atoms with Crippen LogP contribution in [0, 0.1) is 0 Å². The summed E-state index contributed by atoms with van der Waals surface area (Å²) in [7, 11) is 0. The molecule has 0 radical (unpaired) electrons. The van der Waals surface area contributed by atoms with Crippen molar-refractivity contribution in [2.24, 2.45) is 0 Å². The molecule has 0 saturated carbocycles. The van der Waals surface area contributed by atoms with Gasteiger partial charge in [0.1, 0.15) is 0 Å². The number of nitrogens with zero attached hydrogens (tertiary/aromatic N) is 2. The number of carbonyl (C=O) groups is 2. The Morgan fingerprint density at radius 1 is 1.35 bits per heavy atom. The molecule has 3 N–H and O–H groups in total. The number of nitrogens with one attached hydrogen (secondary N) is 1. The van der Waals surface area contributed by atoms with Crippen LogP contribution in [0.2, 0.25) is 0 Å². The zero-order valence-corrected chi connectivity index (χ0v) is 13.5.